The number of thioether (sulfide) groups is 1. The summed E-state index contributed by atoms with van der Waals surface area (Å²) in [6.07, 6.45) is 0. The van der Waals surface area contributed by atoms with Crippen molar-refractivity contribution in [2.45, 2.75) is 24.9 Å². The fourth-order valence-electron chi connectivity index (χ4n) is 1.21. The Bertz CT molecular complexity index is 382. The summed E-state index contributed by atoms with van der Waals surface area (Å²) in [6, 6.07) is 4.64. The lowest BCUT2D eigenvalue weighted by Crippen LogP contribution is -2.09. The second kappa shape index (κ2) is 5.72. The molecule has 0 bridgehead atoms. The van der Waals surface area contributed by atoms with Gasteiger partial charge in [0.2, 0.25) is 0 Å². The number of anilines is 1. The average Bonchev–Trinajstić information content (AvgIpc) is 2.25. The topological polar surface area (TPSA) is 81.2 Å². The molecule has 0 fully saturated rings. The highest BCUT2D eigenvalue weighted by molar-refractivity contribution is 7.99. The molecule has 0 spiro atoms. The lowest BCUT2D eigenvalue weighted by molar-refractivity contribution is -0.384. The molecule has 1 rings (SSSR count). The largest absolute Gasteiger partial charge is 0.324 e. The Morgan fingerprint density at radius 3 is 2.75 bits per heavy atom. The molecule has 0 aliphatic heterocycles. The van der Waals surface area contributed by atoms with Crippen LogP contribution in [0.3, 0.4) is 0 Å². The Balaban J connectivity index is 2.93. The minimum atomic E-state index is -0.399. The molecule has 0 heterocycles. The Hall–Kier alpha value is -1.27. The molecule has 0 atom stereocenters. The van der Waals surface area contributed by atoms with Gasteiger partial charge in [0.15, 0.2) is 0 Å². The zero-order valence-electron chi connectivity index (χ0n) is 9.27. The van der Waals surface area contributed by atoms with Crippen molar-refractivity contribution in [3.63, 3.8) is 0 Å². The predicted octanol–water partition coefficient (Wildman–Crippen LogP) is 2.52. The van der Waals surface area contributed by atoms with Gasteiger partial charge in [-0.25, -0.2) is 0 Å². The summed E-state index contributed by atoms with van der Waals surface area (Å²) >= 11 is 1.72. The summed E-state index contributed by atoms with van der Waals surface area (Å²) in [7, 11) is 0. The molecule has 16 heavy (non-hydrogen) atoms. The van der Waals surface area contributed by atoms with Crippen LogP contribution < -0.4 is 11.3 Å². The van der Waals surface area contributed by atoms with Crippen molar-refractivity contribution in [1.82, 2.24) is 0 Å². The molecule has 1 aromatic carbocycles. The summed E-state index contributed by atoms with van der Waals surface area (Å²) in [5, 5.41) is 11.1. The van der Waals surface area contributed by atoms with Crippen LogP contribution in [-0.4, -0.2) is 10.2 Å². The third-order valence-electron chi connectivity index (χ3n) is 2.03. The van der Waals surface area contributed by atoms with Crippen molar-refractivity contribution in [2.75, 3.05) is 5.43 Å². The maximum Gasteiger partial charge on any atom is 0.269 e. The first-order valence-corrected chi connectivity index (χ1v) is 5.95. The zero-order valence-corrected chi connectivity index (χ0v) is 10.1. The van der Waals surface area contributed by atoms with Crippen LogP contribution in [0.25, 0.3) is 0 Å². The van der Waals surface area contributed by atoms with Gasteiger partial charge in [0.25, 0.3) is 5.69 Å². The minimum Gasteiger partial charge on any atom is -0.324 e. The zero-order chi connectivity index (χ0) is 12.1. The first kappa shape index (κ1) is 12.8. The fourth-order valence-corrected chi connectivity index (χ4v) is 1.96. The van der Waals surface area contributed by atoms with Crippen molar-refractivity contribution in [3.8, 4) is 0 Å². The molecule has 1 aromatic rings. The van der Waals surface area contributed by atoms with Crippen LogP contribution in [0.2, 0.25) is 0 Å². The molecule has 0 saturated heterocycles. The van der Waals surface area contributed by atoms with E-state index in [1.54, 1.807) is 23.9 Å². The highest BCUT2D eigenvalue weighted by Crippen LogP contribution is 2.26. The standard InChI is InChI=1S/C10H15N3O2S/c1-7(2)16-6-8-5-9(13(14)15)3-4-10(8)12-11/h3-5,7,12H,6,11H2,1-2H3. The van der Waals surface area contributed by atoms with E-state index >= 15 is 0 Å². The van der Waals surface area contributed by atoms with Gasteiger partial charge in [0.1, 0.15) is 0 Å². The van der Waals surface area contributed by atoms with Crippen LogP contribution in [-0.2, 0) is 5.75 Å². The number of non-ortho nitro benzene ring substituents is 1. The van der Waals surface area contributed by atoms with Crippen molar-refractivity contribution in [1.29, 1.82) is 0 Å². The molecular weight excluding hydrogens is 226 g/mol. The normalized spacial score (nSPS) is 10.5. The summed E-state index contributed by atoms with van der Waals surface area (Å²) in [5.41, 5.74) is 4.24. The smallest absolute Gasteiger partial charge is 0.269 e. The average molecular weight is 241 g/mol. The van der Waals surface area contributed by atoms with Crippen LogP contribution in [0, 0.1) is 10.1 Å². The summed E-state index contributed by atoms with van der Waals surface area (Å²) in [4.78, 5) is 10.2. The molecule has 6 heteroatoms. The van der Waals surface area contributed by atoms with Gasteiger partial charge in [0, 0.05) is 17.9 Å². The minimum absolute atomic E-state index is 0.0957. The lowest BCUT2D eigenvalue weighted by atomic mass is 10.2. The Morgan fingerprint density at radius 1 is 1.56 bits per heavy atom. The van der Waals surface area contributed by atoms with E-state index in [2.05, 4.69) is 19.3 Å². The van der Waals surface area contributed by atoms with Gasteiger partial charge in [0.05, 0.1) is 10.6 Å². The van der Waals surface area contributed by atoms with Gasteiger partial charge in [-0.05, 0) is 16.9 Å². The first-order valence-electron chi connectivity index (χ1n) is 4.90. The van der Waals surface area contributed by atoms with Crippen LogP contribution >= 0.6 is 11.8 Å². The number of nitro benzene ring substituents is 1. The maximum absolute atomic E-state index is 10.6. The van der Waals surface area contributed by atoms with E-state index < -0.39 is 4.92 Å². The fraction of sp³-hybridized carbons (Fsp3) is 0.400. The van der Waals surface area contributed by atoms with E-state index in [1.807, 2.05) is 0 Å². The molecule has 5 nitrogen and oxygen atoms in total. The van der Waals surface area contributed by atoms with Gasteiger partial charge in [-0.15, -0.1) is 0 Å². The Morgan fingerprint density at radius 2 is 2.25 bits per heavy atom. The summed E-state index contributed by atoms with van der Waals surface area (Å²) in [5.74, 6) is 6.06. The van der Waals surface area contributed by atoms with Gasteiger partial charge < -0.3 is 5.43 Å². The lowest BCUT2D eigenvalue weighted by Gasteiger charge is -2.09. The number of nitrogens with two attached hydrogens (primary N) is 1. The number of nitrogens with zero attached hydrogens (tertiary/aromatic N) is 1. The van der Waals surface area contributed by atoms with E-state index in [0.29, 0.717) is 11.0 Å². The third-order valence-corrected chi connectivity index (χ3v) is 3.17. The highest BCUT2D eigenvalue weighted by atomic mass is 32.2. The van der Waals surface area contributed by atoms with E-state index in [9.17, 15) is 10.1 Å². The SMILES string of the molecule is CC(C)SCc1cc([N+](=O)[O-])ccc1NN. The molecule has 0 saturated carbocycles. The van der Waals surface area contributed by atoms with E-state index in [1.165, 1.54) is 6.07 Å². The van der Waals surface area contributed by atoms with Crippen LogP contribution in [0.15, 0.2) is 18.2 Å². The predicted molar refractivity (Wildman–Crippen MR) is 67.3 cm³/mol. The van der Waals surface area contributed by atoms with Crippen LogP contribution in [0.1, 0.15) is 19.4 Å². The molecular formula is C10H15N3O2S. The number of hydrogen-bond acceptors (Lipinski definition) is 5. The number of hydrogen-bond donors (Lipinski definition) is 2. The van der Waals surface area contributed by atoms with E-state index in [0.717, 1.165) is 11.3 Å². The molecule has 0 aliphatic carbocycles. The molecule has 3 N–H and O–H groups in total. The number of nitrogens with one attached hydrogen (secondary N) is 1. The first-order chi connectivity index (χ1) is 7.54. The molecule has 0 unspecified atom stereocenters. The van der Waals surface area contributed by atoms with Crippen molar-refractivity contribution in [2.24, 2.45) is 5.84 Å². The van der Waals surface area contributed by atoms with Crippen molar-refractivity contribution < 1.29 is 4.92 Å². The highest BCUT2D eigenvalue weighted by Gasteiger charge is 2.10. The number of nitrogen functional groups attached to an aromatic ring is 1. The monoisotopic (exact) mass is 241 g/mol. The molecule has 0 aliphatic rings. The van der Waals surface area contributed by atoms with Crippen molar-refractivity contribution in [3.05, 3.63) is 33.9 Å². The summed E-state index contributed by atoms with van der Waals surface area (Å²) in [6.45, 7) is 4.16. The number of benzene rings is 1. The molecule has 0 amide bonds. The molecule has 0 radical (unpaired) electrons. The van der Waals surface area contributed by atoms with Gasteiger partial charge in [-0.2, -0.15) is 11.8 Å². The van der Waals surface area contributed by atoms with Crippen molar-refractivity contribution >= 4 is 23.1 Å². The molecule has 88 valence electrons. The number of hydrazine groups is 1. The van der Waals surface area contributed by atoms with Crippen LogP contribution in [0.5, 0.6) is 0 Å². The number of nitro groups is 1. The third kappa shape index (κ3) is 3.39. The Kier molecular flexibility index (Phi) is 4.57. The van der Waals surface area contributed by atoms with E-state index in [-0.39, 0.29) is 5.69 Å². The number of rotatable bonds is 5. The second-order valence-electron chi connectivity index (χ2n) is 3.60. The molecule has 0 aromatic heterocycles. The second-order valence-corrected chi connectivity index (χ2v) is 5.17. The van der Waals surface area contributed by atoms with Gasteiger partial charge >= 0.3 is 0 Å². The van der Waals surface area contributed by atoms with Gasteiger partial charge in [-0.3, -0.25) is 16.0 Å². The van der Waals surface area contributed by atoms with E-state index in [4.69, 9.17) is 5.84 Å². The van der Waals surface area contributed by atoms with Gasteiger partial charge in [-0.1, -0.05) is 13.8 Å². The van der Waals surface area contributed by atoms with Crippen LogP contribution in [0.4, 0.5) is 11.4 Å². The summed E-state index contributed by atoms with van der Waals surface area (Å²) < 4.78 is 0. The Labute approximate surface area is 98.5 Å². The maximum atomic E-state index is 10.6. The quantitative estimate of drug-likeness (QED) is 0.470.